The highest BCUT2D eigenvalue weighted by atomic mass is 16.5. The molecular weight excluding hydrogens is 526 g/mol. The van der Waals surface area contributed by atoms with Crippen LogP contribution in [0.5, 0.6) is 0 Å². The fraction of sp³-hybridized carbons (Fsp3) is 0.267. The van der Waals surface area contributed by atoms with E-state index in [-0.39, 0.29) is 5.91 Å². The number of amides is 1. The zero-order chi connectivity index (χ0) is 29.5. The number of carboxylic acids is 2. The summed E-state index contributed by atoms with van der Waals surface area (Å²) < 4.78 is 5.23. The molecule has 212 valence electrons. The smallest absolute Gasteiger partial charge is 0.328 e. The molecule has 1 aliphatic rings. The lowest BCUT2D eigenvalue weighted by molar-refractivity contribution is -0.134. The van der Waals surface area contributed by atoms with Crippen molar-refractivity contribution < 1.29 is 29.1 Å². The molecule has 1 fully saturated rings. The van der Waals surface area contributed by atoms with Gasteiger partial charge in [0.25, 0.3) is 5.89 Å². The number of nitrogens with one attached hydrogen (secondary N) is 1. The van der Waals surface area contributed by atoms with E-state index in [0.29, 0.717) is 41.9 Å². The first-order valence-electron chi connectivity index (χ1n) is 13.0. The highest BCUT2D eigenvalue weighted by Crippen LogP contribution is 2.21. The molecule has 0 saturated carbocycles. The first-order valence-corrected chi connectivity index (χ1v) is 13.0. The molecule has 2 aromatic carbocycles. The van der Waals surface area contributed by atoms with Gasteiger partial charge < -0.3 is 20.1 Å². The lowest BCUT2D eigenvalue weighted by Crippen LogP contribution is -2.34. The van der Waals surface area contributed by atoms with Gasteiger partial charge in [-0.1, -0.05) is 35.5 Å². The Hall–Kier alpha value is -5.08. The first-order chi connectivity index (χ1) is 19.8. The zero-order valence-electron chi connectivity index (χ0n) is 22.3. The topological polar surface area (TPSA) is 170 Å². The van der Waals surface area contributed by atoms with Gasteiger partial charge in [0, 0.05) is 36.9 Å². The number of aromatic nitrogens is 2. The molecule has 0 aliphatic carbocycles. The number of benzene rings is 2. The van der Waals surface area contributed by atoms with Crippen LogP contribution in [-0.2, 0) is 20.9 Å². The number of carboxylic acid groups (broad SMARTS) is 2. The molecule has 3 N–H and O–H groups in total. The number of rotatable bonds is 10. The van der Waals surface area contributed by atoms with Crippen LogP contribution in [0, 0.1) is 17.2 Å². The van der Waals surface area contributed by atoms with Crippen molar-refractivity contribution in [1.29, 1.82) is 5.26 Å². The van der Waals surface area contributed by atoms with Crippen molar-refractivity contribution in [3.05, 3.63) is 89.8 Å². The van der Waals surface area contributed by atoms with E-state index < -0.39 is 11.9 Å². The molecule has 11 nitrogen and oxygen atoms in total. The minimum absolute atomic E-state index is 0.166. The van der Waals surface area contributed by atoms with Crippen LogP contribution in [0.4, 0.5) is 0 Å². The van der Waals surface area contributed by atoms with Crippen LogP contribution in [0.25, 0.3) is 17.5 Å². The Morgan fingerprint density at radius 1 is 1.00 bits per heavy atom. The van der Waals surface area contributed by atoms with E-state index in [2.05, 4.69) is 56.8 Å². The van der Waals surface area contributed by atoms with Gasteiger partial charge in [-0.2, -0.15) is 10.2 Å². The molecule has 0 unspecified atom stereocenters. The number of likely N-dealkylation sites (tertiary alicyclic amines) is 1. The number of hydrogen-bond acceptors (Lipinski definition) is 8. The summed E-state index contributed by atoms with van der Waals surface area (Å²) in [6.45, 7) is 3.88. The number of aliphatic carboxylic acids is 2. The fourth-order valence-corrected chi connectivity index (χ4v) is 4.13. The summed E-state index contributed by atoms with van der Waals surface area (Å²) in [6, 6.07) is 19.5. The molecule has 1 saturated heterocycles. The highest BCUT2D eigenvalue weighted by Gasteiger charge is 2.19. The average molecular weight is 558 g/mol. The second kappa shape index (κ2) is 16.1. The molecule has 1 aliphatic heterocycles. The molecule has 0 atom stereocenters. The second-order valence-electron chi connectivity index (χ2n) is 9.27. The zero-order valence-corrected chi connectivity index (χ0v) is 22.3. The molecule has 1 aromatic heterocycles. The SMILES string of the molecule is N#Cc1ccc(-c2nc(C=CC(=O)NCCC3CCN(Cc4ccccc4)CC3)no2)cc1.O=C(O)C=CC(=O)O. The Kier molecular flexibility index (Phi) is 12.0. The van der Waals surface area contributed by atoms with Gasteiger partial charge in [0.15, 0.2) is 5.82 Å². The molecular formula is C30H31N5O6. The van der Waals surface area contributed by atoms with Gasteiger partial charge >= 0.3 is 11.9 Å². The van der Waals surface area contributed by atoms with Crippen molar-refractivity contribution in [3.8, 4) is 17.5 Å². The summed E-state index contributed by atoms with van der Waals surface area (Å²) in [5.41, 5.74) is 2.65. The van der Waals surface area contributed by atoms with Crippen LogP contribution >= 0.6 is 0 Å². The van der Waals surface area contributed by atoms with Crippen molar-refractivity contribution in [2.75, 3.05) is 19.6 Å². The summed E-state index contributed by atoms with van der Waals surface area (Å²) in [5, 5.41) is 31.3. The average Bonchev–Trinajstić information content (AvgIpc) is 3.46. The van der Waals surface area contributed by atoms with E-state index >= 15 is 0 Å². The predicted octanol–water partition coefficient (Wildman–Crippen LogP) is 3.75. The monoisotopic (exact) mass is 557 g/mol. The Bertz CT molecular complexity index is 1370. The third-order valence-corrected chi connectivity index (χ3v) is 6.26. The van der Waals surface area contributed by atoms with E-state index in [1.807, 2.05) is 0 Å². The summed E-state index contributed by atoms with van der Waals surface area (Å²) in [6.07, 6.45) is 7.40. The molecule has 1 amide bonds. The minimum Gasteiger partial charge on any atom is -0.478 e. The first kappa shape index (κ1) is 30.5. The Labute approximate surface area is 237 Å². The molecule has 0 radical (unpaired) electrons. The Morgan fingerprint density at radius 3 is 2.27 bits per heavy atom. The Morgan fingerprint density at radius 2 is 1.66 bits per heavy atom. The fourth-order valence-electron chi connectivity index (χ4n) is 4.13. The van der Waals surface area contributed by atoms with E-state index in [0.717, 1.165) is 31.6 Å². The van der Waals surface area contributed by atoms with Gasteiger partial charge in [0.1, 0.15) is 0 Å². The van der Waals surface area contributed by atoms with Gasteiger partial charge in [-0.3, -0.25) is 9.69 Å². The molecule has 11 heteroatoms. The maximum absolute atomic E-state index is 12.1. The van der Waals surface area contributed by atoms with Crippen LogP contribution < -0.4 is 5.32 Å². The standard InChI is InChI=1S/C26H27N5O2.C4H4O4/c27-18-21-6-8-23(9-7-21)26-29-24(30-33-26)10-11-25(32)28-15-12-20-13-16-31(17-14-20)19-22-4-2-1-3-5-22;5-3(6)1-2-4(7)8/h1-11,20H,12-17,19H2,(H,28,32);1-2H,(H,5,6)(H,7,8). The molecule has 0 bridgehead atoms. The molecule has 3 aromatic rings. The number of piperidine rings is 1. The van der Waals surface area contributed by atoms with Crippen molar-refractivity contribution in [3.63, 3.8) is 0 Å². The number of carbonyl (C=O) groups excluding carboxylic acids is 1. The molecule has 2 heterocycles. The third kappa shape index (κ3) is 11.3. The van der Waals surface area contributed by atoms with E-state index in [1.54, 1.807) is 24.3 Å². The highest BCUT2D eigenvalue weighted by molar-refractivity contribution is 5.91. The van der Waals surface area contributed by atoms with Crippen molar-refractivity contribution in [2.24, 2.45) is 5.92 Å². The molecule has 41 heavy (non-hydrogen) atoms. The summed E-state index contributed by atoms with van der Waals surface area (Å²) >= 11 is 0. The summed E-state index contributed by atoms with van der Waals surface area (Å²) in [4.78, 5) is 38.0. The second-order valence-corrected chi connectivity index (χ2v) is 9.27. The largest absolute Gasteiger partial charge is 0.478 e. The number of nitriles is 1. The Balaban J connectivity index is 0.000000507. The van der Waals surface area contributed by atoms with Crippen LogP contribution in [0.15, 0.2) is 77.3 Å². The predicted molar refractivity (Wildman–Crippen MR) is 150 cm³/mol. The summed E-state index contributed by atoms with van der Waals surface area (Å²) in [5.74, 6) is -1.36. The maximum atomic E-state index is 12.1. The van der Waals surface area contributed by atoms with Gasteiger partial charge in [-0.15, -0.1) is 0 Å². The lowest BCUT2D eigenvalue weighted by atomic mass is 9.93. The van der Waals surface area contributed by atoms with Crippen molar-refractivity contribution >= 4 is 23.9 Å². The number of carbonyl (C=O) groups is 3. The van der Waals surface area contributed by atoms with Crippen molar-refractivity contribution in [2.45, 2.75) is 25.8 Å². The third-order valence-electron chi connectivity index (χ3n) is 6.26. The van der Waals surface area contributed by atoms with Gasteiger partial charge in [-0.25, -0.2) is 9.59 Å². The molecule has 4 rings (SSSR count). The number of nitrogens with zero attached hydrogens (tertiary/aromatic N) is 4. The van der Waals surface area contributed by atoms with E-state index in [4.69, 9.17) is 20.0 Å². The quantitative estimate of drug-likeness (QED) is 0.312. The number of hydrogen-bond donors (Lipinski definition) is 3. The van der Waals surface area contributed by atoms with E-state index in [1.165, 1.54) is 30.6 Å². The van der Waals surface area contributed by atoms with Gasteiger partial charge in [-0.05, 0) is 74.2 Å². The maximum Gasteiger partial charge on any atom is 0.328 e. The van der Waals surface area contributed by atoms with Gasteiger partial charge in [0.2, 0.25) is 5.91 Å². The van der Waals surface area contributed by atoms with Crippen LogP contribution in [0.2, 0.25) is 0 Å². The summed E-state index contributed by atoms with van der Waals surface area (Å²) in [7, 11) is 0. The van der Waals surface area contributed by atoms with Crippen LogP contribution in [0.3, 0.4) is 0 Å². The van der Waals surface area contributed by atoms with Crippen molar-refractivity contribution in [1.82, 2.24) is 20.4 Å². The van der Waals surface area contributed by atoms with Crippen LogP contribution in [0.1, 0.15) is 36.2 Å². The lowest BCUT2D eigenvalue weighted by Gasteiger charge is -2.32. The minimum atomic E-state index is -1.26. The van der Waals surface area contributed by atoms with Crippen LogP contribution in [-0.4, -0.2) is 62.7 Å². The van der Waals surface area contributed by atoms with E-state index in [9.17, 15) is 14.4 Å². The van der Waals surface area contributed by atoms with Gasteiger partial charge in [0.05, 0.1) is 11.6 Å². The normalized spacial score (nSPS) is 13.8. The molecule has 0 spiro atoms.